The SMILES string of the molecule is CC(C#N)CN(C)Cc1cc(C(=O)O)ccc1F. The van der Waals surface area contributed by atoms with Gasteiger partial charge in [0.05, 0.1) is 17.6 Å². The zero-order valence-corrected chi connectivity index (χ0v) is 10.4. The molecular formula is C13H15FN2O2. The topological polar surface area (TPSA) is 64.3 Å². The zero-order chi connectivity index (χ0) is 13.7. The summed E-state index contributed by atoms with van der Waals surface area (Å²) in [5, 5.41) is 17.5. The van der Waals surface area contributed by atoms with Gasteiger partial charge in [0, 0.05) is 18.7 Å². The molecule has 1 unspecified atom stereocenters. The van der Waals surface area contributed by atoms with Crippen molar-refractivity contribution in [3.05, 3.63) is 35.1 Å². The van der Waals surface area contributed by atoms with Crippen molar-refractivity contribution in [3.63, 3.8) is 0 Å². The van der Waals surface area contributed by atoms with E-state index in [1.54, 1.807) is 18.9 Å². The van der Waals surface area contributed by atoms with Crippen molar-refractivity contribution in [2.75, 3.05) is 13.6 Å². The molecule has 4 nitrogen and oxygen atoms in total. The number of nitrogens with zero attached hydrogens (tertiary/aromatic N) is 2. The number of aromatic carboxylic acids is 1. The molecule has 0 saturated heterocycles. The Morgan fingerprint density at radius 3 is 2.83 bits per heavy atom. The van der Waals surface area contributed by atoms with Gasteiger partial charge in [0.2, 0.25) is 0 Å². The maximum atomic E-state index is 13.5. The van der Waals surface area contributed by atoms with Crippen LogP contribution in [0.5, 0.6) is 0 Å². The Hall–Kier alpha value is -1.93. The van der Waals surface area contributed by atoms with Gasteiger partial charge >= 0.3 is 5.97 Å². The highest BCUT2D eigenvalue weighted by Crippen LogP contribution is 2.13. The van der Waals surface area contributed by atoms with Crippen LogP contribution in [-0.2, 0) is 6.54 Å². The molecule has 0 aliphatic heterocycles. The van der Waals surface area contributed by atoms with Crippen LogP contribution in [0.4, 0.5) is 4.39 Å². The Morgan fingerprint density at radius 2 is 2.28 bits per heavy atom. The number of halogens is 1. The largest absolute Gasteiger partial charge is 0.478 e. The van der Waals surface area contributed by atoms with Gasteiger partial charge in [-0.15, -0.1) is 0 Å². The molecule has 0 radical (unpaired) electrons. The van der Waals surface area contributed by atoms with E-state index in [0.717, 1.165) is 6.07 Å². The van der Waals surface area contributed by atoms with Gasteiger partial charge in [-0.2, -0.15) is 5.26 Å². The average molecular weight is 250 g/mol. The second-order valence-electron chi connectivity index (χ2n) is 4.34. The Bertz CT molecular complexity index is 482. The highest BCUT2D eigenvalue weighted by atomic mass is 19.1. The standard InChI is InChI=1S/C13H15FN2O2/c1-9(6-15)7-16(2)8-11-5-10(13(17)18)3-4-12(11)14/h3-5,9H,7-8H2,1-2H3,(H,17,18). The Morgan fingerprint density at radius 1 is 1.61 bits per heavy atom. The molecule has 96 valence electrons. The van der Waals surface area contributed by atoms with Gasteiger partial charge < -0.3 is 10.0 Å². The molecule has 0 bridgehead atoms. The van der Waals surface area contributed by atoms with Crippen LogP contribution in [0.2, 0.25) is 0 Å². The fraction of sp³-hybridized carbons (Fsp3) is 0.385. The normalized spacial score (nSPS) is 12.2. The van der Waals surface area contributed by atoms with E-state index >= 15 is 0 Å². The highest BCUT2D eigenvalue weighted by Gasteiger charge is 2.11. The van der Waals surface area contributed by atoms with Crippen molar-refractivity contribution < 1.29 is 14.3 Å². The number of carbonyl (C=O) groups is 1. The van der Waals surface area contributed by atoms with Crippen LogP contribution in [0.25, 0.3) is 0 Å². The highest BCUT2D eigenvalue weighted by molar-refractivity contribution is 5.87. The lowest BCUT2D eigenvalue weighted by atomic mass is 10.1. The van der Waals surface area contributed by atoms with Gasteiger partial charge in [-0.05, 0) is 32.2 Å². The first-order valence-corrected chi connectivity index (χ1v) is 5.54. The van der Waals surface area contributed by atoms with Crippen LogP contribution in [0.3, 0.4) is 0 Å². The van der Waals surface area contributed by atoms with Crippen molar-refractivity contribution >= 4 is 5.97 Å². The second-order valence-corrected chi connectivity index (χ2v) is 4.34. The molecule has 1 atom stereocenters. The zero-order valence-electron chi connectivity index (χ0n) is 10.4. The Labute approximate surface area is 105 Å². The Balaban J connectivity index is 2.80. The van der Waals surface area contributed by atoms with Crippen molar-refractivity contribution in [2.24, 2.45) is 5.92 Å². The number of rotatable bonds is 5. The number of carboxylic acid groups (broad SMARTS) is 1. The van der Waals surface area contributed by atoms with Crippen LogP contribution in [0.1, 0.15) is 22.8 Å². The van der Waals surface area contributed by atoms with Crippen molar-refractivity contribution in [1.29, 1.82) is 5.26 Å². The third-order valence-corrected chi connectivity index (χ3v) is 2.54. The lowest BCUT2D eigenvalue weighted by Gasteiger charge is -2.18. The molecule has 0 heterocycles. The van der Waals surface area contributed by atoms with Gasteiger partial charge in [0.25, 0.3) is 0 Å². The molecule has 0 amide bonds. The first-order chi connectivity index (χ1) is 8.43. The molecule has 5 heteroatoms. The number of hydrogen-bond donors (Lipinski definition) is 1. The second kappa shape index (κ2) is 6.12. The predicted octanol–water partition coefficient (Wildman–Crippen LogP) is 2.12. The van der Waals surface area contributed by atoms with E-state index in [-0.39, 0.29) is 18.0 Å². The van der Waals surface area contributed by atoms with Crippen LogP contribution in [0, 0.1) is 23.1 Å². The van der Waals surface area contributed by atoms with Crippen molar-refractivity contribution in [2.45, 2.75) is 13.5 Å². The molecule has 18 heavy (non-hydrogen) atoms. The third-order valence-electron chi connectivity index (χ3n) is 2.54. The number of hydrogen-bond acceptors (Lipinski definition) is 3. The molecular weight excluding hydrogens is 235 g/mol. The Kier molecular flexibility index (Phi) is 4.81. The average Bonchev–Trinajstić information content (AvgIpc) is 2.31. The summed E-state index contributed by atoms with van der Waals surface area (Å²) in [7, 11) is 1.76. The summed E-state index contributed by atoms with van der Waals surface area (Å²) in [6.07, 6.45) is 0. The summed E-state index contributed by atoms with van der Waals surface area (Å²) in [4.78, 5) is 12.6. The number of benzene rings is 1. The molecule has 1 aromatic carbocycles. The van der Waals surface area contributed by atoms with E-state index in [4.69, 9.17) is 10.4 Å². The van der Waals surface area contributed by atoms with Gasteiger partial charge in [0.1, 0.15) is 5.82 Å². The van der Waals surface area contributed by atoms with Gasteiger partial charge in [-0.3, -0.25) is 0 Å². The van der Waals surface area contributed by atoms with Crippen LogP contribution >= 0.6 is 0 Å². The molecule has 0 saturated carbocycles. The van der Waals surface area contributed by atoms with E-state index in [1.807, 2.05) is 0 Å². The quantitative estimate of drug-likeness (QED) is 0.869. The van der Waals surface area contributed by atoms with E-state index in [2.05, 4.69) is 6.07 Å². The van der Waals surface area contributed by atoms with Gasteiger partial charge in [-0.1, -0.05) is 0 Å². The van der Waals surface area contributed by atoms with Crippen molar-refractivity contribution in [1.82, 2.24) is 4.90 Å². The first kappa shape index (κ1) is 14.1. The number of nitriles is 1. The first-order valence-electron chi connectivity index (χ1n) is 5.54. The lowest BCUT2D eigenvalue weighted by Crippen LogP contribution is -2.24. The minimum Gasteiger partial charge on any atom is -0.478 e. The summed E-state index contributed by atoms with van der Waals surface area (Å²) >= 11 is 0. The minimum atomic E-state index is -1.08. The summed E-state index contributed by atoms with van der Waals surface area (Å²) < 4.78 is 13.5. The van der Waals surface area contributed by atoms with Crippen LogP contribution < -0.4 is 0 Å². The molecule has 1 aromatic rings. The fourth-order valence-corrected chi connectivity index (χ4v) is 1.69. The lowest BCUT2D eigenvalue weighted by molar-refractivity contribution is 0.0696. The summed E-state index contributed by atoms with van der Waals surface area (Å²) in [6, 6.07) is 5.81. The van der Waals surface area contributed by atoms with Gasteiger partial charge in [-0.25, -0.2) is 9.18 Å². The molecule has 0 aliphatic carbocycles. The van der Waals surface area contributed by atoms with E-state index in [0.29, 0.717) is 12.1 Å². The summed E-state index contributed by atoms with van der Waals surface area (Å²) in [5.74, 6) is -1.67. The molecule has 0 fully saturated rings. The summed E-state index contributed by atoms with van der Waals surface area (Å²) in [5.41, 5.74) is 0.385. The van der Waals surface area contributed by atoms with E-state index in [1.165, 1.54) is 12.1 Å². The maximum absolute atomic E-state index is 13.5. The third kappa shape index (κ3) is 3.82. The summed E-state index contributed by atoms with van der Waals surface area (Å²) in [6.45, 7) is 2.56. The minimum absolute atomic E-state index is 0.0631. The van der Waals surface area contributed by atoms with Gasteiger partial charge in [0.15, 0.2) is 0 Å². The van der Waals surface area contributed by atoms with Crippen LogP contribution in [-0.4, -0.2) is 29.6 Å². The number of carboxylic acids is 1. The molecule has 0 aromatic heterocycles. The van der Waals surface area contributed by atoms with E-state index < -0.39 is 11.8 Å². The maximum Gasteiger partial charge on any atom is 0.335 e. The molecule has 0 spiro atoms. The van der Waals surface area contributed by atoms with Crippen molar-refractivity contribution in [3.8, 4) is 6.07 Å². The monoisotopic (exact) mass is 250 g/mol. The predicted molar refractivity (Wildman–Crippen MR) is 64.5 cm³/mol. The fourth-order valence-electron chi connectivity index (χ4n) is 1.69. The molecule has 1 rings (SSSR count). The smallest absolute Gasteiger partial charge is 0.335 e. The molecule has 1 N–H and O–H groups in total. The van der Waals surface area contributed by atoms with Crippen LogP contribution in [0.15, 0.2) is 18.2 Å². The molecule has 0 aliphatic rings. The van der Waals surface area contributed by atoms with E-state index in [9.17, 15) is 9.18 Å².